The maximum atomic E-state index is 13.0. The number of aromatic nitrogens is 1. The van der Waals surface area contributed by atoms with Crippen LogP contribution in [0, 0.1) is 20.8 Å². The third-order valence-corrected chi connectivity index (χ3v) is 4.34. The second-order valence-corrected chi connectivity index (χ2v) is 6.05. The number of hydrogen-bond acceptors (Lipinski definition) is 4. The maximum absolute atomic E-state index is 13.0. The molecule has 0 unspecified atom stereocenters. The fourth-order valence-electron chi connectivity index (χ4n) is 2.93. The lowest BCUT2D eigenvalue weighted by atomic mass is 10.1. The zero-order valence-electron chi connectivity index (χ0n) is 15.3. The molecule has 0 fully saturated rings. The van der Waals surface area contributed by atoms with E-state index in [1.54, 1.807) is 13.0 Å². The Balaban J connectivity index is 2.36. The van der Waals surface area contributed by atoms with Crippen molar-refractivity contribution in [2.45, 2.75) is 34.6 Å². The average Bonchev–Trinajstić information content (AvgIpc) is 2.99. The van der Waals surface area contributed by atoms with Gasteiger partial charge in [0.05, 0.1) is 0 Å². The van der Waals surface area contributed by atoms with Gasteiger partial charge in [-0.15, -0.1) is 0 Å². The molecular weight excluding hydrogens is 302 g/mol. The molecule has 0 aliphatic rings. The molecule has 5 nitrogen and oxygen atoms in total. The number of aryl methyl sites for hydroxylation is 3. The highest BCUT2D eigenvalue weighted by molar-refractivity contribution is 6.05. The van der Waals surface area contributed by atoms with E-state index >= 15 is 0 Å². The van der Waals surface area contributed by atoms with E-state index in [9.17, 15) is 4.79 Å². The number of carbonyl (C=O) groups is 1. The van der Waals surface area contributed by atoms with Crippen LogP contribution in [0.4, 0.5) is 5.69 Å². The highest BCUT2D eigenvalue weighted by Crippen LogP contribution is 2.26. The minimum absolute atomic E-state index is 0.114. The van der Waals surface area contributed by atoms with Crippen LogP contribution in [0.2, 0.25) is 0 Å². The molecule has 0 bridgehead atoms. The Morgan fingerprint density at radius 3 is 2.21 bits per heavy atom. The van der Waals surface area contributed by atoms with Crippen LogP contribution in [0.1, 0.15) is 41.2 Å². The van der Waals surface area contributed by atoms with E-state index in [1.165, 1.54) is 0 Å². The Morgan fingerprint density at radius 1 is 1.08 bits per heavy atom. The second kappa shape index (κ2) is 8.11. The predicted molar refractivity (Wildman–Crippen MR) is 96.6 cm³/mol. The number of carbonyl (C=O) groups excluding carboxylic acids is 1. The molecule has 1 aromatic carbocycles. The molecule has 0 atom stereocenters. The summed E-state index contributed by atoms with van der Waals surface area (Å²) in [6, 6.07) is 7.78. The molecule has 24 heavy (non-hydrogen) atoms. The lowest BCUT2D eigenvalue weighted by molar-refractivity contribution is 0.0974. The van der Waals surface area contributed by atoms with Crippen molar-refractivity contribution in [1.29, 1.82) is 0 Å². The lowest BCUT2D eigenvalue weighted by Gasteiger charge is -2.28. The Morgan fingerprint density at radius 2 is 1.71 bits per heavy atom. The molecule has 0 saturated carbocycles. The van der Waals surface area contributed by atoms with E-state index in [0.29, 0.717) is 18.0 Å². The normalized spacial score (nSPS) is 11.1. The Kier molecular flexibility index (Phi) is 6.15. The highest BCUT2D eigenvalue weighted by atomic mass is 16.5. The molecule has 0 aliphatic heterocycles. The molecule has 0 spiro atoms. The second-order valence-electron chi connectivity index (χ2n) is 6.05. The van der Waals surface area contributed by atoms with Crippen molar-refractivity contribution in [3.8, 4) is 0 Å². The van der Waals surface area contributed by atoms with Crippen LogP contribution < -0.4 is 4.90 Å². The molecule has 2 rings (SSSR count). The number of hydrogen-bond donors (Lipinski definition) is 0. The monoisotopic (exact) mass is 329 g/mol. The molecule has 0 N–H and O–H groups in total. The van der Waals surface area contributed by atoms with Gasteiger partial charge < -0.3 is 14.3 Å². The van der Waals surface area contributed by atoms with Crippen molar-refractivity contribution >= 4 is 11.6 Å². The number of benzene rings is 1. The third kappa shape index (κ3) is 4.03. The molecule has 5 heteroatoms. The van der Waals surface area contributed by atoms with Crippen molar-refractivity contribution in [2.24, 2.45) is 0 Å². The van der Waals surface area contributed by atoms with E-state index in [0.717, 1.165) is 36.4 Å². The van der Waals surface area contributed by atoms with Crippen LogP contribution in [-0.4, -0.2) is 42.1 Å². The van der Waals surface area contributed by atoms with E-state index < -0.39 is 0 Å². The summed E-state index contributed by atoms with van der Waals surface area (Å²) >= 11 is 0. The molecule has 1 aromatic heterocycles. The predicted octanol–water partition coefficient (Wildman–Crippen LogP) is 3.59. The topological polar surface area (TPSA) is 49.6 Å². The van der Waals surface area contributed by atoms with Crippen LogP contribution >= 0.6 is 0 Å². The van der Waals surface area contributed by atoms with Gasteiger partial charge in [-0.2, -0.15) is 0 Å². The molecule has 130 valence electrons. The summed E-state index contributed by atoms with van der Waals surface area (Å²) in [5.74, 6) is 0.528. The zero-order chi connectivity index (χ0) is 17.7. The van der Waals surface area contributed by atoms with Crippen molar-refractivity contribution in [1.82, 2.24) is 10.1 Å². The molecule has 2 aromatic rings. The number of rotatable bonds is 7. The zero-order valence-corrected chi connectivity index (χ0v) is 15.3. The third-order valence-electron chi connectivity index (χ3n) is 4.34. The van der Waals surface area contributed by atoms with E-state index in [-0.39, 0.29) is 5.91 Å². The van der Waals surface area contributed by atoms with Gasteiger partial charge in [0, 0.05) is 24.8 Å². The van der Waals surface area contributed by atoms with Gasteiger partial charge in [0.25, 0.3) is 5.91 Å². The number of nitrogens with zero attached hydrogens (tertiary/aromatic N) is 3. The molecule has 0 radical (unpaired) electrons. The SMILES string of the molecule is CCN(CC)CCN(C(=O)c1cc(C)on1)c1c(C)cccc1C. The summed E-state index contributed by atoms with van der Waals surface area (Å²) in [5.41, 5.74) is 3.50. The fourth-order valence-corrected chi connectivity index (χ4v) is 2.93. The Labute approximate surface area is 144 Å². The van der Waals surface area contributed by atoms with Gasteiger partial charge in [0.2, 0.25) is 0 Å². The Hall–Kier alpha value is -2.14. The van der Waals surface area contributed by atoms with Crippen LogP contribution in [0.15, 0.2) is 28.8 Å². The summed E-state index contributed by atoms with van der Waals surface area (Å²) in [5, 5.41) is 3.91. The summed E-state index contributed by atoms with van der Waals surface area (Å²) in [6.07, 6.45) is 0. The first kappa shape index (κ1) is 18.2. The van der Waals surface area contributed by atoms with Gasteiger partial charge >= 0.3 is 0 Å². The van der Waals surface area contributed by atoms with Crippen molar-refractivity contribution < 1.29 is 9.32 Å². The minimum atomic E-state index is -0.114. The van der Waals surface area contributed by atoms with Crippen molar-refractivity contribution in [3.63, 3.8) is 0 Å². The molecule has 0 aliphatic carbocycles. The minimum Gasteiger partial charge on any atom is -0.361 e. The first-order chi connectivity index (χ1) is 11.5. The van der Waals surface area contributed by atoms with Gasteiger partial charge in [0.15, 0.2) is 5.69 Å². The first-order valence-corrected chi connectivity index (χ1v) is 8.51. The van der Waals surface area contributed by atoms with Crippen molar-refractivity contribution in [2.75, 3.05) is 31.1 Å². The summed E-state index contributed by atoms with van der Waals surface area (Å²) < 4.78 is 5.09. The molecule has 1 amide bonds. The quantitative estimate of drug-likeness (QED) is 0.779. The van der Waals surface area contributed by atoms with E-state index in [1.807, 2.05) is 36.9 Å². The number of amides is 1. The largest absolute Gasteiger partial charge is 0.361 e. The summed E-state index contributed by atoms with van der Waals surface area (Å²) in [7, 11) is 0. The number of anilines is 1. The Bertz CT molecular complexity index is 669. The van der Waals surface area contributed by atoms with Crippen LogP contribution in [-0.2, 0) is 0 Å². The van der Waals surface area contributed by atoms with Gasteiger partial charge in [-0.25, -0.2) is 0 Å². The van der Waals surface area contributed by atoms with Gasteiger partial charge in [0.1, 0.15) is 5.76 Å². The van der Waals surface area contributed by atoms with E-state index in [4.69, 9.17) is 4.52 Å². The van der Waals surface area contributed by atoms with Gasteiger partial charge in [-0.1, -0.05) is 37.2 Å². The smallest absolute Gasteiger partial charge is 0.280 e. The number of para-hydroxylation sites is 1. The van der Waals surface area contributed by atoms with Crippen LogP contribution in [0.3, 0.4) is 0 Å². The van der Waals surface area contributed by atoms with Crippen LogP contribution in [0.25, 0.3) is 0 Å². The average molecular weight is 329 g/mol. The summed E-state index contributed by atoms with van der Waals surface area (Å²) in [4.78, 5) is 17.2. The first-order valence-electron chi connectivity index (χ1n) is 8.51. The molecular formula is C19H27N3O2. The standard InChI is InChI=1S/C19H27N3O2/c1-6-21(7-2)11-12-22(18-14(3)9-8-10-15(18)4)19(23)17-13-16(5)24-20-17/h8-10,13H,6-7,11-12H2,1-5H3. The molecule has 1 heterocycles. The summed E-state index contributed by atoms with van der Waals surface area (Å²) in [6.45, 7) is 13.5. The van der Waals surface area contributed by atoms with E-state index in [2.05, 4.69) is 23.9 Å². The number of likely N-dealkylation sites (N-methyl/N-ethyl adjacent to an activating group) is 1. The molecule has 0 saturated heterocycles. The van der Waals surface area contributed by atoms with Crippen molar-refractivity contribution in [3.05, 3.63) is 46.8 Å². The maximum Gasteiger partial charge on any atom is 0.280 e. The highest BCUT2D eigenvalue weighted by Gasteiger charge is 2.23. The lowest BCUT2D eigenvalue weighted by Crippen LogP contribution is -2.39. The van der Waals surface area contributed by atoms with Crippen LogP contribution in [0.5, 0.6) is 0 Å². The van der Waals surface area contributed by atoms with Gasteiger partial charge in [-0.05, 0) is 45.0 Å². The van der Waals surface area contributed by atoms with Gasteiger partial charge in [-0.3, -0.25) is 4.79 Å². The fraction of sp³-hybridized carbons (Fsp3) is 0.474.